The van der Waals surface area contributed by atoms with Crippen LogP contribution in [-0.2, 0) is 16.0 Å². The first-order chi connectivity index (χ1) is 13.0. The van der Waals surface area contributed by atoms with Crippen LogP contribution in [0.4, 0.5) is 4.79 Å². The number of rotatable bonds is 8. The van der Waals surface area contributed by atoms with Crippen LogP contribution >= 0.6 is 0 Å². The van der Waals surface area contributed by atoms with E-state index in [2.05, 4.69) is 17.4 Å². The minimum Gasteiger partial charge on any atom is -0.481 e. The number of aliphatic carboxylic acids is 1. The maximum Gasteiger partial charge on any atom is 0.317 e. The summed E-state index contributed by atoms with van der Waals surface area (Å²) in [5, 5.41) is 12.9. The molecule has 1 saturated heterocycles. The Morgan fingerprint density at radius 1 is 1.37 bits per heavy atom. The lowest BCUT2D eigenvalue weighted by Gasteiger charge is -2.26. The first kappa shape index (κ1) is 19.7. The summed E-state index contributed by atoms with van der Waals surface area (Å²) < 4.78 is 5.15. The number of ether oxygens (including phenoxy) is 1. The van der Waals surface area contributed by atoms with Gasteiger partial charge < -0.3 is 20.1 Å². The van der Waals surface area contributed by atoms with Gasteiger partial charge in [0.1, 0.15) is 0 Å². The van der Waals surface area contributed by atoms with Crippen molar-refractivity contribution in [3.8, 4) is 0 Å². The molecule has 0 spiro atoms. The van der Waals surface area contributed by atoms with Gasteiger partial charge in [-0.25, -0.2) is 4.79 Å². The van der Waals surface area contributed by atoms with Gasteiger partial charge in [-0.05, 0) is 43.6 Å². The molecule has 3 rings (SSSR count). The van der Waals surface area contributed by atoms with E-state index in [4.69, 9.17) is 4.74 Å². The Hall–Kier alpha value is -2.08. The quantitative estimate of drug-likeness (QED) is 0.686. The van der Waals surface area contributed by atoms with Crippen molar-refractivity contribution in [2.24, 2.45) is 11.3 Å². The predicted molar refractivity (Wildman–Crippen MR) is 103 cm³/mol. The van der Waals surface area contributed by atoms with Gasteiger partial charge in [0.15, 0.2) is 0 Å². The van der Waals surface area contributed by atoms with Gasteiger partial charge in [-0.15, -0.1) is 0 Å². The molecule has 148 valence electrons. The Balaban J connectivity index is 1.62. The molecule has 1 aliphatic carbocycles. The van der Waals surface area contributed by atoms with Crippen molar-refractivity contribution in [3.63, 3.8) is 0 Å². The zero-order valence-corrected chi connectivity index (χ0v) is 16.0. The highest BCUT2D eigenvalue weighted by molar-refractivity contribution is 5.80. The molecule has 0 bridgehead atoms. The van der Waals surface area contributed by atoms with Gasteiger partial charge in [0.2, 0.25) is 0 Å². The molecule has 2 aliphatic rings. The summed E-state index contributed by atoms with van der Waals surface area (Å²) >= 11 is 0. The van der Waals surface area contributed by atoms with Gasteiger partial charge >= 0.3 is 12.0 Å². The molecular formula is C21H30N2O4. The van der Waals surface area contributed by atoms with E-state index in [0.717, 1.165) is 32.1 Å². The van der Waals surface area contributed by atoms with Crippen molar-refractivity contribution in [2.45, 2.75) is 44.6 Å². The maximum atomic E-state index is 12.9. The van der Waals surface area contributed by atoms with Gasteiger partial charge in [-0.3, -0.25) is 4.79 Å². The lowest BCUT2D eigenvalue weighted by atomic mass is 9.81. The van der Waals surface area contributed by atoms with Crippen LogP contribution in [0.25, 0.3) is 0 Å². The van der Waals surface area contributed by atoms with Crippen LogP contribution in [0.3, 0.4) is 0 Å². The van der Waals surface area contributed by atoms with Crippen LogP contribution in [0.2, 0.25) is 0 Å². The van der Waals surface area contributed by atoms with Crippen LogP contribution in [0.1, 0.15) is 37.7 Å². The number of hydrogen-bond donors (Lipinski definition) is 2. The molecule has 1 aromatic carbocycles. The molecular weight excluding hydrogens is 344 g/mol. The van der Waals surface area contributed by atoms with Crippen LogP contribution in [0, 0.1) is 11.3 Å². The highest BCUT2D eigenvalue weighted by Gasteiger charge is 2.55. The second kappa shape index (κ2) is 8.74. The Morgan fingerprint density at radius 2 is 2.15 bits per heavy atom. The van der Waals surface area contributed by atoms with E-state index < -0.39 is 11.4 Å². The van der Waals surface area contributed by atoms with Crippen molar-refractivity contribution < 1.29 is 19.4 Å². The van der Waals surface area contributed by atoms with Crippen LogP contribution in [0.5, 0.6) is 0 Å². The van der Waals surface area contributed by atoms with Crippen molar-refractivity contribution >= 4 is 12.0 Å². The Kier molecular flexibility index (Phi) is 6.37. The van der Waals surface area contributed by atoms with E-state index >= 15 is 0 Å². The molecule has 2 amide bonds. The molecule has 3 atom stereocenters. The first-order valence-electron chi connectivity index (χ1n) is 9.87. The number of carboxylic acid groups (broad SMARTS) is 1. The lowest BCUT2D eigenvalue weighted by molar-refractivity contribution is -0.149. The molecule has 1 saturated carbocycles. The Bertz CT molecular complexity index is 651. The van der Waals surface area contributed by atoms with Crippen molar-refractivity contribution in [1.29, 1.82) is 0 Å². The van der Waals surface area contributed by atoms with E-state index in [-0.39, 0.29) is 18.0 Å². The number of carbonyl (C=O) groups excluding carboxylic acids is 1. The van der Waals surface area contributed by atoms with Crippen molar-refractivity contribution in [2.75, 3.05) is 26.8 Å². The molecule has 1 aromatic rings. The van der Waals surface area contributed by atoms with Gasteiger partial charge in [0.25, 0.3) is 0 Å². The van der Waals surface area contributed by atoms with Gasteiger partial charge in [-0.1, -0.05) is 36.8 Å². The fourth-order valence-electron chi connectivity index (χ4n) is 4.66. The van der Waals surface area contributed by atoms with Crippen molar-refractivity contribution in [3.05, 3.63) is 35.9 Å². The number of amides is 2. The number of nitrogens with zero attached hydrogens (tertiary/aromatic N) is 1. The highest BCUT2D eigenvalue weighted by Crippen LogP contribution is 2.48. The summed E-state index contributed by atoms with van der Waals surface area (Å²) in [6.45, 7) is 1.54. The third-order valence-electron chi connectivity index (χ3n) is 6.14. The van der Waals surface area contributed by atoms with Crippen LogP contribution in [-0.4, -0.2) is 54.9 Å². The molecule has 0 radical (unpaired) electrons. The molecule has 1 aliphatic heterocycles. The smallest absolute Gasteiger partial charge is 0.317 e. The van der Waals surface area contributed by atoms with Crippen LogP contribution < -0.4 is 5.32 Å². The highest BCUT2D eigenvalue weighted by atomic mass is 16.5. The monoisotopic (exact) mass is 374 g/mol. The third-order valence-corrected chi connectivity index (χ3v) is 6.14. The number of benzene rings is 1. The SMILES string of the molecule is COCCCC(Cc1ccccc1)NC(=O)N1C[C@@H]2CCC[C@@]2(C(=O)O)C1. The summed E-state index contributed by atoms with van der Waals surface area (Å²) in [5.74, 6) is -0.664. The first-order valence-corrected chi connectivity index (χ1v) is 9.87. The largest absolute Gasteiger partial charge is 0.481 e. The van der Waals surface area contributed by atoms with Gasteiger partial charge in [-0.2, -0.15) is 0 Å². The molecule has 6 nitrogen and oxygen atoms in total. The topological polar surface area (TPSA) is 78.9 Å². The normalized spacial score (nSPS) is 25.2. The zero-order valence-electron chi connectivity index (χ0n) is 16.0. The average molecular weight is 374 g/mol. The number of carboxylic acids is 1. The Morgan fingerprint density at radius 3 is 2.81 bits per heavy atom. The summed E-state index contributed by atoms with van der Waals surface area (Å²) in [6, 6.07) is 9.99. The predicted octanol–water partition coefficient (Wildman–Crippen LogP) is 2.92. The number of nitrogens with one attached hydrogen (secondary N) is 1. The van der Waals surface area contributed by atoms with E-state index in [1.54, 1.807) is 12.0 Å². The number of urea groups is 1. The fraction of sp³-hybridized carbons (Fsp3) is 0.619. The summed E-state index contributed by atoms with van der Waals surface area (Å²) in [4.78, 5) is 26.4. The minimum atomic E-state index is -0.749. The molecule has 0 aromatic heterocycles. The number of carbonyl (C=O) groups is 2. The van der Waals surface area contributed by atoms with Gasteiger partial charge in [0, 0.05) is 32.8 Å². The number of fused-ring (bicyclic) bond motifs is 1. The summed E-state index contributed by atoms with van der Waals surface area (Å²) in [5.41, 5.74) is 0.447. The van der Waals surface area contributed by atoms with E-state index in [1.165, 1.54) is 5.56 Å². The maximum absolute atomic E-state index is 12.9. The average Bonchev–Trinajstić information content (AvgIpc) is 3.21. The standard InChI is InChI=1S/C21H30N2O4/c1-27-12-6-10-18(13-16-7-3-2-4-8-16)22-20(26)23-14-17-9-5-11-21(17,15-23)19(24)25/h2-4,7-8,17-18H,5-6,9-15H2,1H3,(H,22,26)(H,24,25)/t17-,18?,21+/m0/s1. The molecule has 2 N–H and O–H groups in total. The number of likely N-dealkylation sites (tertiary alicyclic amines) is 1. The zero-order chi connectivity index (χ0) is 19.3. The second-order valence-corrected chi connectivity index (χ2v) is 7.90. The molecule has 1 heterocycles. The van der Waals surface area contributed by atoms with Gasteiger partial charge in [0.05, 0.1) is 5.41 Å². The summed E-state index contributed by atoms with van der Waals surface area (Å²) in [7, 11) is 1.68. The van der Waals surface area contributed by atoms with E-state index in [9.17, 15) is 14.7 Å². The van der Waals surface area contributed by atoms with Crippen LogP contribution in [0.15, 0.2) is 30.3 Å². The Labute approximate surface area is 160 Å². The molecule has 6 heteroatoms. The molecule has 1 unspecified atom stereocenters. The lowest BCUT2D eigenvalue weighted by Crippen LogP contribution is -2.46. The minimum absolute atomic E-state index is 0.0104. The third kappa shape index (κ3) is 4.43. The van der Waals surface area contributed by atoms with E-state index in [0.29, 0.717) is 26.1 Å². The summed E-state index contributed by atoms with van der Waals surface area (Å²) in [6.07, 6.45) is 4.99. The number of hydrogen-bond acceptors (Lipinski definition) is 3. The second-order valence-electron chi connectivity index (χ2n) is 7.90. The van der Waals surface area contributed by atoms with E-state index in [1.807, 2.05) is 18.2 Å². The number of methoxy groups -OCH3 is 1. The van der Waals surface area contributed by atoms with Crippen molar-refractivity contribution in [1.82, 2.24) is 10.2 Å². The molecule has 2 fully saturated rings. The fourth-order valence-corrected chi connectivity index (χ4v) is 4.66. The molecule has 27 heavy (non-hydrogen) atoms.